The molecular formula is C20H25NO3. The fourth-order valence-electron chi connectivity index (χ4n) is 2.14. The Hall–Kier alpha value is -2.33. The Kier molecular flexibility index (Phi) is 6.82. The molecule has 0 aliphatic heterocycles. The highest BCUT2D eigenvalue weighted by Crippen LogP contribution is 2.14. The maximum Gasteiger partial charge on any atom is 0.222 e. The highest BCUT2D eigenvalue weighted by atomic mass is 16.5. The molecule has 0 aliphatic rings. The van der Waals surface area contributed by atoms with E-state index in [9.17, 15) is 9.90 Å². The van der Waals surface area contributed by atoms with Gasteiger partial charge in [-0.3, -0.25) is 4.79 Å². The van der Waals surface area contributed by atoms with E-state index in [1.807, 2.05) is 68.4 Å². The van der Waals surface area contributed by atoms with Crippen molar-refractivity contribution in [3.63, 3.8) is 0 Å². The molecule has 0 heterocycles. The van der Waals surface area contributed by atoms with E-state index in [0.29, 0.717) is 13.2 Å². The summed E-state index contributed by atoms with van der Waals surface area (Å²) in [7, 11) is 0. The molecule has 0 saturated carbocycles. The van der Waals surface area contributed by atoms with E-state index < -0.39 is 6.10 Å². The topological polar surface area (TPSA) is 58.6 Å². The van der Waals surface area contributed by atoms with Gasteiger partial charge < -0.3 is 15.2 Å². The number of carbonyl (C=O) groups is 1. The number of amides is 1. The molecule has 2 aromatic carbocycles. The van der Waals surface area contributed by atoms with Gasteiger partial charge in [-0.1, -0.05) is 56.3 Å². The third kappa shape index (κ3) is 6.05. The molecule has 0 saturated heterocycles. The fourth-order valence-corrected chi connectivity index (χ4v) is 2.14. The van der Waals surface area contributed by atoms with E-state index >= 15 is 0 Å². The van der Waals surface area contributed by atoms with E-state index in [1.165, 1.54) is 0 Å². The van der Waals surface area contributed by atoms with E-state index in [1.54, 1.807) is 0 Å². The Balaban J connectivity index is 1.76. The van der Waals surface area contributed by atoms with Crippen molar-refractivity contribution in [1.29, 1.82) is 0 Å². The van der Waals surface area contributed by atoms with Crippen LogP contribution in [0.3, 0.4) is 0 Å². The van der Waals surface area contributed by atoms with Crippen LogP contribution in [0.4, 0.5) is 0 Å². The largest absolute Gasteiger partial charge is 0.489 e. The van der Waals surface area contributed by atoms with Crippen LogP contribution in [0.15, 0.2) is 54.6 Å². The molecule has 2 rings (SSSR count). The first-order valence-electron chi connectivity index (χ1n) is 8.25. The Bertz CT molecular complexity index is 623. The number of hydrogen-bond acceptors (Lipinski definition) is 3. The molecule has 2 aromatic rings. The molecule has 1 atom stereocenters. The van der Waals surface area contributed by atoms with Crippen LogP contribution in [-0.2, 0) is 17.9 Å². The maximum absolute atomic E-state index is 11.8. The van der Waals surface area contributed by atoms with Gasteiger partial charge in [0, 0.05) is 6.54 Å². The van der Waals surface area contributed by atoms with E-state index in [2.05, 4.69) is 5.32 Å². The van der Waals surface area contributed by atoms with E-state index in [4.69, 9.17) is 4.74 Å². The number of rotatable bonds is 8. The third-order valence-electron chi connectivity index (χ3n) is 3.83. The van der Waals surface area contributed by atoms with Gasteiger partial charge in [-0.25, -0.2) is 0 Å². The first-order valence-corrected chi connectivity index (χ1v) is 8.25. The van der Waals surface area contributed by atoms with Crippen LogP contribution in [0.5, 0.6) is 5.75 Å². The number of aliphatic hydroxyl groups excluding tert-OH is 1. The van der Waals surface area contributed by atoms with Crippen molar-refractivity contribution in [3.8, 4) is 5.75 Å². The average Bonchev–Trinajstić information content (AvgIpc) is 2.60. The van der Waals surface area contributed by atoms with Gasteiger partial charge in [0.1, 0.15) is 12.4 Å². The van der Waals surface area contributed by atoms with Crippen molar-refractivity contribution in [3.05, 3.63) is 65.7 Å². The predicted octanol–water partition coefficient (Wildman–Crippen LogP) is 3.29. The van der Waals surface area contributed by atoms with Crippen LogP contribution in [0.2, 0.25) is 0 Å². The summed E-state index contributed by atoms with van der Waals surface area (Å²) < 4.78 is 5.73. The van der Waals surface area contributed by atoms with Gasteiger partial charge >= 0.3 is 0 Å². The van der Waals surface area contributed by atoms with Gasteiger partial charge in [0.25, 0.3) is 0 Å². The summed E-state index contributed by atoms with van der Waals surface area (Å²) in [6, 6.07) is 17.7. The molecule has 0 radical (unpaired) electrons. The first kappa shape index (κ1) is 18.0. The third-order valence-corrected chi connectivity index (χ3v) is 3.83. The summed E-state index contributed by atoms with van der Waals surface area (Å²) in [6.45, 7) is 4.77. The molecule has 128 valence electrons. The first-order chi connectivity index (χ1) is 11.5. The summed E-state index contributed by atoms with van der Waals surface area (Å²) in [5, 5.41) is 12.5. The second kappa shape index (κ2) is 9.08. The van der Waals surface area contributed by atoms with Crippen LogP contribution in [-0.4, -0.2) is 17.1 Å². The molecule has 0 fully saturated rings. The zero-order chi connectivity index (χ0) is 17.4. The molecular weight excluding hydrogens is 302 g/mol. The Morgan fingerprint density at radius 3 is 2.33 bits per heavy atom. The lowest BCUT2D eigenvalue weighted by Crippen LogP contribution is -2.29. The van der Waals surface area contributed by atoms with Crippen molar-refractivity contribution in [1.82, 2.24) is 5.32 Å². The second-order valence-corrected chi connectivity index (χ2v) is 6.21. The average molecular weight is 327 g/mol. The summed E-state index contributed by atoms with van der Waals surface area (Å²) >= 11 is 0. The fraction of sp³-hybridized carbons (Fsp3) is 0.350. The van der Waals surface area contributed by atoms with Gasteiger partial charge in [-0.15, -0.1) is 0 Å². The van der Waals surface area contributed by atoms with Gasteiger partial charge in [0.2, 0.25) is 5.91 Å². The van der Waals surface area contributed by atoms with Crippen molar-refractivity contribution < 1.29 is 14.6 Å². The lowest BCUT2D eigenvalue weighted by atomic mass is 10.0. The number of carbonyl (C=O) groups excluding carboxylic acids is 1. The van der Waals surface area contributed by atoms with E-state index in [0.717, 1.165) is 16.9 Å². The molecule has 2 N–H and O–H groups in total. The zero-order valence-electron chi connectivity index (χ0n) is 14.2. The minimum Gasteiger partial charge on any atom is -0.489 e. The highest BCUT2D eigenvalue weighted by Gasteiger charge is 2.13. The molecule has 0 aliphatic carbocycles. The van der Waals surface area contributed by atoms with Crippen LogP contribution < -0.4 is 10.1 Å². The smallest absolute Gasteiger partial charge is 0.222 e. The summed E-state index contributed by atoms with van der Waals surface area (Å²) in [5.41, 5.74) is 2.12. The Morgan fingerprint density at radius 1 is 1.04 bits per heavy atom. The van der Waals surface area contributed by atoms with E-state index in [-0.39, 0.29) is 18.2 Å². The minimum absolute atomic E-state index is 0.0804. The SMILES string of the molecule is CC(C)C(O)CC(=O)NCc1ccc(OCc2ccccc2)cc1. The standard InChI is InChI=1S/C20H25NO3/c1-15(2)19(22)12-20(23)21-13-16-8-10-18(11-9-16)24-14-17-6-4-3-5-7-17/h3-11,15,19,22H,12-14H2,1-2H3,(H,21,23). The number of ether oxygens (including phenoxy) is 1. The Labute approximate surface area is 143 Å². The summed E-state index contributed by atoms with van der Waals surface area (Å²) in [4.78, 5) is 11.8. The van der Waals surface area contributed by atoms with Crippen LogP contribution >= 0.6 is 0 Å². The monoisotopic (exact) mass is 327 g/mol. The minimum atomic E-state index is -0.598. The summed E-state index contributed by atoms with van der Waals surface area (Å²) in [6.07, 6.45) is -0.464. The molecule has 1 amide bonds. The molecule has 24 heavy (non-hydrogen) atoms. The summed E-state index contributed by atoms with van der Waals surface area (Å²) in [5.74, 6) is 0.738. The molecule has 0 spiro atoms. The highest BCUT2D eigenvalue weighted by molar-refractivity contribution is 5.76. The number of nitrogens with one attached hydrogen (secondary N) is 1. The molecule has 4 nitrogen and oxygen atoms in total. The van der Waals surface area contributed by atoms with Gasteiger partial charge in [0.05, 0.1) is 12.5 Å². The quantitative estimate of drug-likeness (QED) is 0.782. The van der Waals surface area contributed by atoms with Crippen molar-refractivity contribution in [2.75, 3.05) is 0 Å². The van der Waals surface area contributed by atoms with Crippen molar-refractivity contribution in [2.24, 2.45) is 5.92 Å². The maximum atomic E-state index is 11.8. The van der Waals surface area contributed by atoms with Gasteiger partial charge in [0.15, 0.2) is 0 Å². The Morgan fingerprint density at radius 2 is 1.71 bits per heavy atom. The number of benzene rings is 2. The van der Waals surface area contributed by atoms with Crippen molar-refractivity contribution in [2.45, 2.75) is 39.5 Å². The zero-order valence-corrected chi connectivity index (χ0v) is 14.2. The van der Waals surface area contributed by atoms with Gasteiger partial charge in [-0.2, -0.15) is 0 Å². The molecule has 1 unspecified atom stereocenters. The predicted molar refractivity (Wildman–Crippen MR) is 94.5 cm³/mol. The number of hydrogen-bond donors (Lipinski definition) is 2. The second-order valence-electron chi connectivity index (χ2n) is 6.21. The van der Waals surface area contributed by atoms with Gasteiger partial charge in [-0.05, 0) is 29.2 Å². The van der Waals surface area contributed by atoms with Crippen LogP contribution in [0.1, 0.15) is 31.4 Å². The number of aliphatic hydroxyl groups is 1. The lowest BCUT2D eigenvalue weighted by Gasteiger charge is -2.14. The van der Waals surface area contributed by atoms with Crippen LogP contribution in [0, 0.1) is 5.92 Å². The van der Waals surface area contributed by atoms with Crippen LogP contribution in [0.25, 0.3) is 0 Å². The lowest BCUT2D eigenvalue weighted by molar-refractivity contribution is -0.123. The normalized spacial score (nSPS) is 12.0. The molecule has 0 aromatic heterocycles. The van der Waals surface area contributed by atoms with Crippen molar-refractivity contribution >= 4 is 5.91 Å². The molecule has 0 bridgehead atoms. The molecule has 4 heteroatoms.